The number of ketones is 1. The average molecular weight is 324 g/mol. The van der Waals surface area contributed by atoms with E-state index in [1.165, 1.54) is 0 Å². The van der Waals surface area contributed by atoms with Gasteiger partial charge in [0.25, 0.3) is 0 Å². The minimum Gasteiger partial charge on any atom is -0.497 e. The number of fused-ring (bicyclic) bond motifs is 1. The van der Waals surface area contributed by atoms with Crippen LogP contribution < -0.4 is 10.1 Å². The van der Waals surface area contributed by atoms with E-state index in [0.717, 1.165) is 29.0 Å². The highest BCUT2D eigenvalue weighted by molar-refractivity contribution is 5.99. The number of anilines is 1. The SMILES string of the molecule is COc1cccc([C@@H]2C3=C(C[C@H](C)CC3=O)Nc3nc(C)nn32)c1. The molecule has 0 unspecified atom stereocenters. The summed E-state index contributed by atoms with van der Waals surface area (Å²) in [5.41, 5.74) is 2.77. The smallest absolute Gasteiger partial charge is 0.226 e. The molecule has 1 aromatic carbocycles. The normalized spacial score (nSPS) is 22.7. The molecule has 0 spiro atoms. The number of methoxy groups -OCH3 is 1. The molecule has 1 aliphatic heterocycles. The zero-order valence-corrected chi connectivity index (χ0v) is 14.0. The Labute approximate surface area is 140 Å². The van der Waals surface area contributed by atoms with Crippen molar-refractivity contribution in [2.75, 3.05) is 12.4 Å². The molecule has 1 aromatic heterocycles. The molecule has 24 heavy (non-hydrogen) atoms. The third-order valence-corrected chi connectivity index (χ3v) is 4.64. The first kappa shape index (κ1) is 14.9. The van der Waals surface area contributed by atoms with Gasteiger partial charge in [0.05, 0.1) is 7.11 Å². The number of rotatable bonds is 2. The van der Waals surface area contributed by atoms with Crippen molar-refractivity contribution in [1.82, 2.24) is 14.8 Å². The average Bonchev–Trinajstić information content (AvgIpc) is 2.92. The Balaban J connectivity index is 1.91. The van der Waals surface area contributed by atoms with E-state index in [4.69, 9.17) is 4.74 Å². The standard InChI is InChI=1S/C18H20N4O2/c1-10-7-14-16(15(23)8-10)17(12-5-4-6-13(9-12)24-3)22-18(20-14)19-11(2)21-22/h4-6,9-10,17H,7-8H2,1-3H3,(H,19,20,21)/t10-,17+/m0/s1. The number of carbonyl (C=O) groups excluding carboxylic acids is 1. The maximum Gasteiger partial charge on any atom is 0.226 e. The van der Waals surface area contributed by atoms with Crippen LogP contribution in [0, 0.1) is 12.8 Å². The number of ether oxygens (including phenoxy) is 1. The van der Waals surface area contributed by atoms with Crippen LogP contribution >= 0.6 is 0 Å². The lowest BCUT2D eigenvalue weighted by molar-refractivity contribution is -0.117. The number of allylic oxidation sites excluding steroid dienone is 2. The second-order valence-electron chi connectivity index (χ2n) is 6.56. The maximum atomic E-state index is 12.8. The van der Waals surface area contributed by atoms with Crippen molar-refractivity contribution in [3.63, 3.8) is 0 Å². The van der Waals surface area contributed by atoms with E-state index in [2.05, 4.69) is 22.3 Å². The van der Waals surface area contributed by atoms with Gasteiger partial charge in [0.15, 0.2) is 5.78 Å². The van der Waals surface area contributed by atoms with E-state index in [0.29, 0.717) is 24.1 Å². The summed E-state index contributed by atoms with van der Waals surface area (Å²) in [4.78, 5) is 17.3. The molecule has 0 radical (unpaired) electrons. The highest BCUT2D eigenvalue weighted by atomic mass is 16.5. The van der Waals surface area contributed by atoms with Crippen molar-refractivity contribution in [2.45, 2.75) is 32.7 Å². The number of hydrogen-bond donors (Lipinski definition) is 1. The molecule has 124 valence electrons. The number of benzene rings is 1. The van der Waals surface area contributed by atoms with E-state index in [9.17, 15) is 4.79 Å². The second kappa shape index (κ2) is 5.47. The summed E-state index contributed by atoms with van der Waals surface area (Å²) < 4.78 is 7.17. The maximum absolute atomic E-state index is 12.8. The number of carbonyl (C=O) groups is 1. The van der Waals surface area contributed by atoms with E-state index >= 15 is 0 Å². The molecule has 0 amide bonds. The molecule has 2 aliphatic rings. The number of aryl methyl sites for hydroxylation is 1. The van der Waals surface area contributed by atoms with Crippen LogP contribution in [0.2, 0.25) is 0 Å². The summed E-state index contributed by atoms with van der Waals surface area (Å²) in [6.45, 7) is 3.97. The second-order valence-corrected chi connectivity index (χ2v) is 6.56. The first-order valence-electron chi connectivity index (χ1n) is 8.17. The van der Waals surface area contributed by atoms with Crippen molar-refractivity contribution < 1.29 is 9.53 Å². The molecule has 2 aromatic rings. The molecule has 4 rings (SSSR count). The highest BCUT2D eigenvalue weighted by Gasteiger charge is 2.38. The molecule has 1 N–H and O–H groups in total. The predicted molar refractivity (Wildman–Crippen MR) is 89.9 cm³/mol. The van der Waals surface area contributed by atoms with Crippen molar-refractivity contribution in [3.05, 3.63) is 46.9 Å². The van der Waals surface area contributed by atoms with Gasteiger partial charge in [-0.3, -0.25) is 4.79 Å². The van der Waals surface area contributed by atoms with Crippen LogP contribution in [-0.2, 0) is 4.79 Å². The number of hydrogen-bond acceptors (Lipinski definition) is 5. The molecule has 2 atom stereocenters. The van der Waals surface area contributed by atoms with Crippen molar-refractivity contribution in [3.8, 4) is 5.75 Å². The summed E-state index contributed by atoms with van der Waals surface area (Å²) >= 11 is 0. The molecule has 1 aliphatic carbocycles. The van der Waals surface area contributed by atoms with Gasteiger partial charge in [0.2, 0.25) is 5.95 Å². The fourth-order valence-electron chi connectivity index (χ4n) is 3.63. The summed E-state index contributed by atoms with van der Waals surface area (Å²) in [6, 6.07) is 7.56. The number of nitrogens with one attached hydrogen (secondary N) is 1. The van der Waals surface area contributed by atoms with Crippen LogP contribution in [0.5, 0.6) is 5.75 Å². The Hall–Kier alpha value is -2.63. The zero-order valence-electron chi connectivity index (χ0n) is 14.0. The Morgan fingerprint density at radius 2 is 2.17 bits per heavy atom. The lowest BCUT2D eigenvalue weighted by Gasteiger charge is -2.34. The third kappa shape index (κ3) is 2.29. The molecule has 0 saturated carbocycles. The zero-order chi connectivity index (χ0) is 16.8. The van der Waals surface area contributed by atoms with Crippen LogP contribution in [0.15, 0.2) is 35.5 Å². The fourth-order valence-corrected chi connectivity index (χ4v) is 3.63. The van der Waals surface area contributed by atoms with Crippen LogP contribution in [0.3, 0.4) is 0 Å². The van der Waals surface area contributed by atoms with Gasteiger partial charge in [-0.2, -0.15) is 10.1 Å². The molecule has 0 bridgehead atoms. The van der Waals surface area contributed by atoms with Gasteiger partial charge in [-0.15, -0.1) is 0 Å². The Morgan fingerprint density at radius 3 is 2.96 bits per heavy atom. The summed E-state index contributed by atoms with van der Waals surface area (Å²) in [5.74, 6) is 2.67. The van der Waals surface area contributed by atoms with E-state index in [1.807, 2.05) is 35.9 Å². The van der Waals surface area contributed by atoms with E-state index < -0.39 is 0 Å². The van der Waals surface area contributed by atoms with Gasteiger partial charge in [0.1, 0.15) is 17.6 Å². The Morgan fingerprint density at radius 1 is 1.33 bits per heavy atom. The van der Waals surface area contributed by atoms with Crippen molar-refractivity contribution in [1.29, 1.82) is 0 Å². The van der Waals surface area contributed by atoms with Gasteiger partial charge in [-0.05, 0) is 37.0 Å². The quantitative estimate of drug-likeness (QED) is 0.920. The van der Waals surface area contributed by atoms with E-state index in [-0.39, 0.29) is 11.8 Å². The predicted octanol–water partition coefficient (Wildman–Crippen LogP) is 2.86. The summed E-state index contributed by atoms with van der Waals surface area (Å²) in [6.07, 6.45) is 1.43. The highest BCUT2D eigenvalue weighted by Crippen LogP contribution is 2.41. The van der Waals surface area contributed by atoms with Gasteiger partial charge in [-0.1, -0.05) is 19.1 Å². The lowest BCUT2D eigenvalue weighted by atomic mass is 9.81. The van der Waals surface area contributed by atoms with Crippen molar-refractivity contribution >= 4 is 11.7 Å². The van der Waals surface area contributed by atoms with Gasteiger partial charge in [-0.25, -0.2) is 4.68 Å². The number of nitrogens with zero attached hydrogens (tertiary/aromatic N) is 3. The molecular weight excluding hydrogens is 304 g/mol. The van der Waals surface area contributed by atoms with Crippen LogP contribution in [-0.4, -0.2) is 27.7 Å². The molecule has 2 heterocycles. The first-order chi connectivity index (χ1) is 11.6. The molecule has 0 saturated heterocycles. The molecule has 0 fully saturated rings. The van der Waals surface area contributed by atoms with Gasteiger partial charge in [0, 0.05) is 17.7 Å². The minimum absolute atomic E-state index is 0.183. The molecule has 6 nitrogen and oxygen atoms in total. The van der Waals surface area contributed by atoms with Crippen LogP contribution in [0.4, 0.5) is 5.95 Å². The van der Waals surface area contributed by atoms with E-state index in [1.54, 1.807) is 7.11 Å². The first-order valence-corrected chi connectivity index (χ1v) is 8.17. The lowest BCUT2D eigenvalue weighted by Crippen LogP contribution is -2.33. The van der Waals surface area contributed by atoms with Crippen molar-refractivity contribution in [2.24, 2.45) is 5.92 Å². The monoisotopic (exact) mass is 324 g/mol. The largest absolute Gasteiger partial charge is 0.497 e. The Kier molecular flexibility index (Phi) is 3.40. The van der Waals surface area contributed by atoms with Crippen LogP contribution in [0.1, 0.15) is 37.2 Å². The summed E-state index contributed by atoms with van der Waals surface area (Å²) in [7, 11) is 1.64. The molecule has 6 heteroatoms. The third-order valence-electron chi connectivity index (χ3n) is 4.64. The molecular formula is C18H20N4O2. The Bertz CT molecular complexity index is 852. The number of aromatic nitrogens is 3. The van der Waals surface area contributed by atoms with Gasteiger partial charge >= 0.3 is 0 Å². The van der Waals surface area contributed by atoms with Gasteiger partial charge < -0.3 is 10.1 Å². The number of Topliss-reactive ketones (excluding diaryl/α,β-unsaturated/α-hetero) is 1. The van der Waals surface area contributed by atoms with Crippen LogP contribution in [0.25, 0.3) is 0 Å². The fraction of sp³-hybridized carbons (Fsp3) is 0.389. The summed E-state index contributed by atoms with van der Waals surface area (Å²) in [5, 5.41) is 7.85. The minimum atomic E-state index is -0.257. The topological polar surface area (TPSA) is 69.0 Å².